The molecule has 12 heteroatoms. The van der Waals surface area contributed by atoms with Gasteiger partial charge in [0, 0.05) is 12.5 Å². The van der Waals surface area contributed by atoms with Gasteiger partial charge in [-0.3, -0.25) is 4.79 Å². The Morgan fingerprint density at radius 2 is 2.24 bits per heavy atom. The normalized spacial score (nSPS) is 18.1. The van der Waals surface area contributed by atoms with Gasteiger partial charge in [0.2, 0.25) is 5.91 Å². The van der Waals surface area contributed by atoms with Crippen molar-refractivity contribution in [3.63, 3.8) is 0 Å². The van der Waals surface area contributed by atoms with Crippen LogP contribution >= 0.6 is 23.5 Å². The summed E-state index contributed by atoms with van der Waals surface area (Å²) in [6, 6.07) is 5.44. The van der Waals surface area contributed by atoms with E-state index in [-0.39, 0.29) is 29.1 Å². The molecular formula is C17H18N6O3S3. The van der Waals surface area contributed by atoms with Crippen LogP contribution in [0.2, 0.25) is 0 Å². The van der Waals surface area contributed by atoms with Crippen molar-refractivity contribution in [2.45, 2.75) is 24.0 Å². The first kappa shape index (κ1) is 20.0. The van der Waals surface area contributed by atoms with E-state index in [1.807, 2.05) is 16.7 Å². The standard InChI is InChI=1S/C17H18N6O3S3/c1-2-7-23-16(11-6-8-29(25,26)10-11)19-20-17(23)27-9-14(24)18-12-4-3-5-13-15(12)22-28-21-13/h2-5,11H,1,6-10H2,(H,18,24). The van der Waals surface area contributed by atoms with Crippen LogP contribution in [0.5, 0.6) is 0 Å². The predicted octanol–water partition coefficient (Wildman–Crippen LogP) is 2.10. The number of hydrogen-bond acceptors (Lipinski definition) is 9. The summed E-state index contributed by atoms with van der Waals surface area (Å²) < 4.78 is 33.8. The second kappa shape index (κ2) is 8.20. The Hall–Kier alpha value is -2.31. The Bertz CT molecular complexity index is 1170. The van der Waals surface area contributed by atoms with Crippen LogP contribution in [0.1, 0.15) is 18.2 Å². The number of anilines is 1. The van der Waals surface area contributed by atoms with Crippen LogP contribution < -0.4 is 5.32 Å². The topological polar surface area (TPSA) is 120 Å². The molecule has 0 saturated carbocycles. The fourth-order valence-electron chi connectivity index (χ4n) is 3.23. The largest absolute Gasteiger partial charge is 0.323 e. The Labute approximate surface area is 175 Å². The van der Waals surface area contributed by atoms with E-state index in [9.17, 15) is 13.2 Å². The molecule has 0 spiro atoms. The number of nitrogens with one attached hydrogen (secondary N) is 1. The Kier molecular flexibility index (Phi) is 5.65. The molecule has 3 heterocycles. The van der Waals surface area contributed by atoms with Crippen LogP contribution in [-0.2, 0) is 21.2 Å². The molecule has 29 heavy (non-hydrogen) atoms. The van der Waals surface area contributed by atoms with Gasteiger partial charge in [0.25, 0.3) is 0 Å². The second-order valence-electron chi connectivity index (χ2n) is 6.61. The maximum atomic E-state index is 12.4. The summed E-state index contributed by atoms with van der Waals surface area (Å²) in [5, 5.41) is 11.8. The van der Waals surface area contributed by atoms with Crippen molar-refractivity contribution in [3.05, 3.63) is 36.7 Å². The maximum Gasteiger partial charge on any atom is 0.234 e. The highest BCUT2D eigenvalue weighted by atomic mass is 32.2. The summed E-state index contributed by atoms with van der Waals surface area (Å²) in [6.45, 7) is 4.20. The smallest absolute Gasteiger partial charge is 0.234 e. The lowest BCUT2D eigenvalue weighted by Crippen LogP contribution is -2.15. The lowest BCUT2D eigenvalue weighted by atomic mass is 10.1. The first-order chi connectivity index (χ1) is 14.0. The molecule has 0 bridgehead atoms. The monoisotopic (exact) mass is 450 g/mol. The van der Waals surface area contributed by atoms with E-state index in [2.05, 4.69) is 30.8 Å². The number of benzene rings is 1. The van der Waals surface area contributed by atoms with E-state index in [0.29, 0.717) is 35.2 Å². The summed E-state index contributed by atoms with van der Waals surface area (Å²) in [6.07, 6.45) is 2.24. The molecule has 4 rings (SSSR count). The Morgan fingerprint density at radius 3 is 3.00 bits per heavy atom. The maximum absolute atomic E-state index is 12.4. The zero-order valence-electron chi connectivity index (χ0n) is 15.3. The minimum Gasteiger partial charge on any atom is -0.323 e. The SMILES string of the molecule is C=CCn1c(SCC(=O)Nc2cccc3nsnc23)nnc1C1CCS(=O)(=O)C1. The van der Waals surface area contributed by atoms with E-state index < -0.39 is 9.84 Å². The highest BCUT2D eigenvalue weighted by Crippen LogP contribution is 2.30. The molecule has 3 aromatic rings. The van der Waals surface area contributed by atoms with Crippen LogP contribution in [-0.4, -0.2) is 55.1 Å². The van der Waals surface area contributed by atoms with Crippen molar-refractivity contribution < 1.29 is 13.2 Å². The van der Waals surface area contributed by atoms with E-state index in [4.69, 9.17) is 0 Å². The minimum absolute atomic E-state index is 0.0825. The molecule has 0 radical (unpaired) electrons. The van der Waals surface area contributed by atoms with Crippen LogP contribution in [0.25, 0.3) is 11.0 Å². The van der Waals surface area contributed by atoms with Gasteiger partial charge < -0.3 is 9.88 Å². The van der Waals surface area contributed by atoms with Gasteiger partial charge in [-0.25, -0.2) is 8.42 Å². The third-order valence-electron chi connectivity index (χ3n) is 4.55. The average molecular weight is 451 g/mol. The fourth-order valence-corrected chi connectivity index (χ4v) is 6.28. The lowest BCUT2D eigenvalue weighted by Gasteiger charge is -2.11. The molecule has 9 nitrogen and oxygen atoms in total. The average Bonchev–Trinajstić information content (AvgIpc) is 3.39. The van der Waals surface area contributed by atoms with E-state index in [0.717, 1.165) is 17.2 Å². The fraction of sp³-hybridized carbons (Fsp3) is 0.353. The zero-order chi connectivity index (χ0) is 20.4. The molecular weight excluding hydrogens is 432 g/mol. The number of amides is 1. The van der Waals surface area contributed by atoms with Crippen molar-refractivity contribution in [1.82, 2.24) is 23.5 Å². The number of thioether (sulfide) groups is 1. The molecule has 1 aliphatic rings. The second-order valence-corrected chi connectivity index (χ2v) is 10.3. The summed E-state index contributed by atoms with van der Waals surface area (Å²) in [4.78, 5) is 12.4. The first-order valence-electron chi connectivity index (χ1n) is 8.85. The molecule has 1 aliphatic heterocycles. The van der Waals surface area contributed by atoms with Crippen molar-refractivity contribution in [2.24, 2.45) is 0 Å². The van der Waals surface area contributed by atoms with Gasteiger partial charge in [-0.05, 0) is 18.6 Å². The van der Waals surface area contributed by atoms with Crippen LogP contribution in [0.15, 0.2) is 36.0 Å². The van der Waals surface area contributed by atoms with Crippen molar-refractivity contribution in [2.75, 3.05) is 22.6 Å². The number of carbonyl (C=O) groups is 1. The third-order valence-corrected chi connectivity index (χ3v) is 7.82. The van der Waals surface area contributed by atoms with Gasteiger partial charge in [0.1, 0.15) is 16.9 Å². The van der Waals surface area contributed by atoms with E-state index >= 15 is 0 Å². The van der Waals surface area contributed by atoms with Crippen molar-refractivity contribution in [1.29, 1.82) is 0 Å². The van der Waals surface area contributed by atoms with Gasteiger partial charge >= 0.3 is 0 Å². The number of sulfone groups is 1. The Morgan fingerprint density at radius 1 is 1.38 bits per heavy atom. The molecule has 1 saturated heterocycles. The molecule has 1 atom stereocenters. The molecule has 2 aromatic heterocycles. The lowest BCUT2D eigenvalue weighted by molar-refractivity contribution is -0.113. The third kappa shape index (κ3) is 4.33. The van der Waals surface area contributed by atoms with Crippen LogP contribution in [0.4, 0.5) is 5.69 Å². The number of allylic oxidation sites excluding steroid dienone is 1. The summed E-state index contributed by atoms with van der Waals surface area (Å²) in [5.41, 5.74) is 2.02. The highest BCUT2D eigenvalue weighted by molar-refractivity contribution is 7.99. The van der Waals surface area contributed by atoms with Gasteiger partial charge in [-0.15, -0.1) is 16.8 Å². The molecule has 1 amide bonds. The predicted molar refractivity (Wildman–Crippen MR) is 113 cm³/mol. The summed E-state index contributed by atoms with van der Waals surface area (Å²) in [7, 11) is -3.03. The van der Waals surface area contributed by atoms with Crippen molar-refractivity contribution in [3.8, 4) is 0 Å². The van der Waals surface area contributed by atoms with Gasteiger partial charge in [0.05, 0.1) is 34.7 Å². The molecule has 1 unspecified atom stereocenters. The highest BCUT2D eigenvalue weighted by Gasteiger charge is 2.33. The number of aromatic nitrogens is 5. The van der Waals surface area contributed by atoms with Gasteiger partial charge in [-0.2, -0.15) is 8.75 Å². The zero-order valence-corrected chi connectivity index (χ0v) is 17.8. The van der Waals surface area contributed by atoms with E-state index in [1.165, 1.54) is 11.8 Å². The first-order valence-corrected chi connectivity index (χ1v) is 12.4. The molecule has 1 N–H and O–H groups in total. The van der Waals surface area contributed by atoms with E-state index in [1.54, 1.807) is 12.1 Å². The summed E-state index contributed by atoms with van der Waals surface area (Å²) in [5.74, 6) is 0.637. The van der Waals surface area contributed by atoms with Gasteiger partial charge in [-0.1, -0.05) is 23.9 Å². The molecule has 1 fully saturated rings. The molecule has 1 aromatic carbocycles. The van der Waals surface area contributed by atoms with Gasteiger partial charge in [0.15, 0.2) is 15.0 Å². The quantitative estimate of drug-likeness (QED) is 0.429. The van der Waals surface area contributed by atoms with Crippen molar-refractivity contribution >= 4 is 56.0 Å². The van der Waals surface area contributed by atoms with Crippen LogP contribution in [0, 0.1) is 0 Å². The number of nitrogens with zero attached hydrogens (tertiary/aromatic N) is 5. The Balaban J connectivity index is 1.46. The molecule has 0 aliphatic carbocycles. The number of carbonyl (C=O) groups excluding carboxylic acids is 1. The number of hydrogen-bond donors (Lipinski definition) is 1. The molecule has 152 valence electrons. The van der Waals surface area contributed by atoms with Crippen LogP contribution in [0.3, 0.4) is 0 Å². The number of rotatable bonds is 7. The summed E-state index contributed by atoms with van der Waals surface area (Å²) >= 11 is 2.34. The number of fused-ring (bicyclic) bond motifs is 1. The minimum atomic E-state index is -3.03.